The summed E-state index contributed by atoms with van der Waals surface area (Å²) in [5, 5.41) is 10.0. The van der Waals surface area contributed by atoms with Crippen molar-refractivity contribution in [2.24, 2.45) is 0 Å². The monoisotopic (exact) mass is 241 g/mol. The summed E-state index contributed by atoms with van der Waals surface area (Å²) < 4.78 is 0. The van der Waals surface area contributed by atoms with Crippen LogP contribution >= 0.6 is 11.6 Å². The summed E-state index contributed by atoms with van der Waals surface area (Å²) in [7, 11) is 0. The summed E-state index contributed by atoms with van der Waals surface area (Å²) in [6.45, 7) is 7.38. The molecular formula is C13H20ClNO. The maximum Gasteiger partial charge on any atom is 0.0716 e. The van der Waals surface area contributed by atoms with Gasteiger partial charge in [0.15, 0.2) is 0 Å². The summed E-state index contributed by atoms with van der Waals surface area (Å²) in [5.74, 6) is 0. The van der Waals surface area contributed by atoms with Gasteiger partial charge in [-0.25, -0.2) is 0 Å². The van der Waals surface area contributed by atoms with Gasteiger partial charge in [0.1, 0.15) is 0 Å². The fourth-order valence-corrected chi connectivity index (χ4v) is 2.14. The summed E-state index contributed by atoms with van der Waals surface area (Å²) in [6.07, 6.45) is 1.07. The Bertz CT molecular complexity index is 341. The Kier molecular flexibility index (Phi) is 5.10. The van der Waals surface area contributed by atoms with Gasteiger partial charge in [-0.1, -0.05) is 24.6 Å². The zero-order chi connectivity index (χ0) is 12.1. The molecule has 1 rings (SSSR count). The normalized spacial score (nSPS) is 12.6. The van der Waals surface area contributed by atoms with Crippen LogP contribution in [0.2, 0.25) is 5.02 Å². The van der Waals surface area contributed by atoms with E-state index in [4.69, 9.17) is 11.6 Å². The highest BCUT2D eigenvalue weighted by atomic mass is 35.5. The third-order valence-corrected chi connectivity index (χ3v) is 3.38. The third-order valence-electron chi connectivity index (χ3n) is 3.03. The zero-order valence-electron chi connectivity index (χ0n) is 10.2. The molecule has 0 spiro atoms. The molecule has 0 saturated heterocycles. The summed E-state index contributed by atoms with van der Waals surface area (Å²) in [4.78, 5) is 2.28. The first-order valence-corrected chi connectivity index (χ1v) is 6.18. The van der Waals surface area contributed by atoms with Crippen molar-refractivity contribution < 1.29 is 5.11 Å². The number of halogens is 1. The molecule has 0 radical (unpaired) electrons. The van der Waals surface area contributed by atoms with Gasteiger partial charge in [0, 0.05) is 28.9 Å². The second-order valence-electron chi connectivity index (χ2n) is 3.94. The van der Waals surface area contributed by atoms with Gasteiger partial charge >= 0.3 is 0 Å². The van der Waals surface area contributed by atoms with Gasteiger partial charge < -0.3 is 10.0 Å². The molecule has 0 aliphatic carbocycles. The average Bonchev–Trinajstić information content (AvgIpc) is 2.30. The van der Waals surface area contributed by atoms with Crippen molar-refractivity contribution in [1.29, 1.82) is 0 Å². The minimum Gasteiger partial charge on any atom is -0.392 e. The first-order valence-electron chi connectivity index (χ1n) is 5.80. The van der Waals surface area contributed by atoms with Gasteiger partial charge in [-0.05, 0) is 32.4 Å². The van der Waals surface area contributed by atoms with E-state index in [2.05, 4.69) is 25.7 Å². The fourth-order valence-electron chi connectivity index (χ4n) is 1.91. The molecule has 0 amide bonds. The highest BCUT2D eigenvalue weighted by Gasteiger charge is 2.15. The Morgan fingerprint density at radius 2 is 2.06 bits per heavy atom. The van der Waals surface area contributed by atoms with E-state index >= 15 is 0 Å². The molecule has 16 heavy (non-hydrogen) atoms. The van der Waals surface area contributed by atoms with Gasteiger partial charge in [0.05, 0.1) is 6.61 Å². The summed E-state index contributed by atoms with van der Waals surface area (Å²) >= 11 is 6.09. The van der Waals surface area contributed by atoms with Crippen LogP contribution in [0, 0.1) is 0 Å². The Morgan fingerprint density at radius 1 is 1.38 bits per heavy atom. The molecular weight excluding hydrogens is 222 g/mol. The van der Waals surface area contributed by atoms with Crippen molar-refractivity contribution >= 4 is 17.3 Å². The predicted molar refractivity (Wildman–Crippen MR) is 70.1 cm³/mol. The lowest BCUT2D eigenvalue weighted by molar-refractivity contribution is 0.282. The number of nitrogens with zero attached hydrogens (tertiary/aromatic N) is 1. The fraction of sp³-hybridized carbons (Fsp3) is 0.538. The number of benzene rings is 1. The second kappa shape index (κ2) is 6.12. The maximum atomic E-state index is 9.39. The second-order valence-corrected chi connectivity index (χ2v) is 4.35. The van der Waals surface area contributed by atoms with E-state index in [0.29, 0.717) is 11.1 Å². The Labute approximate surface area is 103 Å². The van der Waals surface area contributed by atoms with E-state index < -0.39 is 0 Å². The van der Waals surface area contributed by atoms with E-state index in [1.807, 2.05) is 18.2 Å². The van der Waals surface area contributed by atoms with Crippen molar-refractivity contribution in [3.63, 3.8) is 0 Å². The average molecular weight is 242 g/mol. The molecule has 0 bridgehead atoms. The van der Waals surface area contributed by atoms with Crippen LogP contribution in [0.15, 0.2) is 18.2 Å². The standard InChI is InChI=1S/C13H20ClNO/c1-4-10(3)15(5-2)13-8-6-7-12(14)11(13)9-16/h6-8,10,16H,4-5,9H2,1-3H3. The van der Waals surface area contributed by atoms with Crippen LogP contribution in [-0.4, -0.2) is 17.7 Å². The number of rotatable bonds is 5. The lowest BCUT2D eigenvalue weighted by Crippen LogP contribution is -2.33. The largest absolute Gasteiger partial charge is 0.392 e. The van der Waals surface area contributed by atoms with Gasteiger partial charge in [-0.15, -0.1) is 0 Å². The van der Waals surface area contributed by atoms with Crippen LogP contribution in [0.4, 0.5) is 5.69 Å². The molecule has 1 atom stereocenters. The smallest absolute Gasteiger partial charge is 0.0716 e. The molecule has 0 aliphatic heterocycles. The molecule has 1 aromatic carbocycles. The molecule has 0 saturated carbocycles. The molecule has 0 fully saturated rings. The van der Waals surface area contributed by atoms with Crippen LogP contribution in [0.25, 0.3) is 0 Å². The van der Waals surface area contributed by atoms with E-state index in [1.165, 1.54) is 0 Å². The highest BCUT2D eigenvalue weighted by Crippen LogP contribution is 2.29. The zero-order valence-corrected chi connectivity index (χ0v) is 11.0. The van der Waals surface area contributed by atoms with Gasteiger partial charge in [0.2, 0.25) is 0 Å². The molecule has 0 aliphatic rings. The topological polar surface area (TPSA) is 23.5 Å². The van der Waals surface area contributed by atoms with Gasteiger partial charge in [0.25, 0.3) is 0 Å². The van der Waals surface area contributed by atoms with Crippen molar-refractivity contribution in [2.45, 2.75) is 39.8 Å². The van der Waals surface area contributed by atoms with Crippen LogP contribution in [0.5, 0.6) is 0 Å². The van der Waals surface area contributed by atoms with Gasteiger partial charge in [-0.3, -0.25) is 0 Å². The number of hydrogen-bond acceptors (Lipinski definition) is 2. The molecule has 0 heterocycles. The third kappa shape index (κ3) is 2.69. The molecule has 0 aromatic heterocycles. The Balaban J connectivity index is 3.14. The molecule has 1 aromatic rings. The first kappa shape index (κ1) is 13.3. The quantitative estimate of drug-likeness (QED) is 0.854. The van der Waals surface area contributed by atoms with Crippen LogP contribution in [0.1, 0.15) is 32.8 Å². The van der Waals surface area contributed by atoms with Crippen molar-refractivity contribution in [3.05, 3.63) is 28.8 Å². The SMILES string of the molecule is CCC(C)N(CC)c1cccc(Cl)c1CO. The summed E-state index contributed by atoms with van der Waals surface area (Å²) in [6, 6.07) is 6.23. The van der Waals surface area contributed by atoms with Gasteiger partial charge in [-0.2, -0.15) is 0 Å². The van der Waals surface area contributed by atoms with E-state index in [9.17, 15) is 5.11 Å². The van der Waals surface area contributed by atoms with Crippen LogP contribution in [-0.2, 0) is 6.61 Å². The minimum atomic E-state index is -0.0120. The van der Waals surface area contributed by atoms with Crippen molar-refractivity contribution in [1.82, 2.24) is 0 Å². The van der Waals surface area contributed by atoms with Crippen LogP contribution < -0.4 is 4.90 Å². The molecule has 3 heteroatoms. The number of anilines is 1. The Morgan fingerprint density at radius 3 is 2.56 bits per heavy atom. The molecule has 2 nitrogen and oxygen atoms in total. The first-order chi connectivity index (χ1) is 7.65. The highest BCUT2D eigenvalue weighted by molar-refractivity contribution is 6.31. The predicted octanol–water partition coefficient (Wildman–Crippen LogP) is 3.46. The number of aliphatic hydroxyl groups excluding tert-OH is 1. The van der Waals surface area contributed by atoms with E-state index in [0.717, 1.165) is 24.2 Å². The minimum absolute atomic E-state index is 0.0120. The van der Waals surface area contributed by atoms with Crippen LogP contribution in [0.3, 0.4) is 0 Å². The lowest BCUT2D eigenvalue weighted by Gasteiger charge is -2.31. The van der Waals surface area contributed by atoms with Crippen molar-refractivity contribution in [2.75, 3.05) is 11.4 Å². The van der Waals surface area contributed by atoms with E-state index in [1.54, 1.807) is 0 Å². The number of aliphatic hydroxyl groups is 1. The molecule has 1 unspecified atom stereocenters. The molecule has 1 N–H and O–H groups in total. The number of hydrogen-bond donors (Lipinski definition) is 1. The van der Waals surface area contributed by atoms with Crippen molar-refractivity contribution in [3.8, 4) is 0 Å². The summed E-state index contributed by atoms with van der Waals surface area (Å²) in [5.41, 5.74) is 1.87. The lowest BCUT2D eigenvalue weighted by atomic mass is 10.1. The van der Waals surface area contributed by atoms with E-state index in [-0.39, 0.29) is 6.61 Å². The maximum absolute atomic E-state index is 9.39. The molecule has 90 valence electrons. The Hall–Kier alpha value is -0.730.